The lowest BCUT2D eigenvalue weighted by Gasteiger charge is -2.18. The maximum atomic E-state index is 5.73. The molecule has 92 valence electrons. The Morgan fingerprint density at radius 2 is 2.24 bits per heavy atom. The van der Waals surface area contributed by atoms with Crippen molar-refractivity contribution < 1.29 is 4.74 Å². The fourth-order valence-electron chi connectivity index (χ4n) is 1.67. The van der Waals surface area contributed by atoms with Crippen LogP contribution in [0.2, 0.25) is 0 Å². The van der Waals surface area contributed by atoms with Gasteiger partial charge in [-0.3, -0.25) is 0 Å². The van der Waals surface area contributed by atoms with Crippen LogP contribution in [0, 0.1) is 6.92 Å². The summed E-state index contributed by atoms with van der Waals surface area (Å²) in [4.78, 5) is 12.7. The third kappa shape index (κ3) is 2.48. The Balaban J connectivity index is 2.43. The van der Waals surface area contributed by atoms with Crippen LogP contribution >= 0.6 is 11.3 Å². The van der Waals surface area contributed by atoms with Crippen LogP contribution in [0.4, 0.5) is 11.8 Å². The highest BCUT2D eigenvalue weighted by Gasteiger charge is 2.12. The van der Waals surface area contributed by atoms with Gasteiger partial charge in [0.15, 0.2) is 0 Å². The van der Waals surface area contributed by atoms with Gasteiger partial charge in [-0.2, -0.15) is 4.98 Å². The molecule has 0 aromatic carbocycles. The van der Waals surface area contributed by atoms with E-state index in [9.17, 15) is 0 Å². The lowest BCUT2D eigenvalue weighted by Crippen LogP contribution is -2.23. The van der Waals surface area contributed by atoms with Crippen LogP contribution in [0.3, 0.4) is 0 Å². The normalized spacial score (nSPS) is 11.0. The van der Waals surface area contributed by atoms with Crippen molar-refractivity contribution in [3.63, 3.8) is 0 Å². The first-order valence-corrected chi connectivity index (χ1v) is 6.17. The topological polar surface area (TPSA) is 64.3 Å². The fourth-order valence-corrected chi connectivity index (χ4v) is 2.55. The van der Waals surface area contributed by atoms with Crippen LogP contribution in [0.25, 0.3) is 10.2 Å². The number of anilines is 2. The maximum absolute atomic E-state index is 5.73. The van der Waals surface area contributed by atoms with Gasteiger partial charge in [0.25, 0.3) is 0 Å². The van der Waals surface area contributed by atoms with Crippen LogP contribution < -0.4 is 10.6 Å². The highest BCUT2D eigenvalue weighted by atomic mass is 32.1. The van der Waals surface area contributed by atoms with Gasteiger partial charge in [-0.1, -0.05) is 0 Å². The SMILES string of the molecule is COCCN(C)c1nc(N)nc2sc(C)cc12. The summed E-state index contributed by atoms with van der Waals surface area (Å²) in [7, 11) is 3.67. The Morgan fingerprint density at radius 1 is 1.47 bits per heavy atom. The number of aryl methyl sites for hydroxylation is 1. The van der Waals surface area contributed by atoms with E-state index < -0.39 is 0 Å². The molecule has 17 heavy (non-hydrogen) atoms. The molecule has 0 aliphatic heterocycles. The molecule has 0 unspecified atom stereocenters. The number of likely N-dealkylation sites (N-methyl/N-ethyl adjacent to an activating group) is 1. The van der Waals surface area contributed by atoms with Gasteiger partial charge in [-0.15, -0.1) is 11.3 Å². The number of rotatable bonds is 4. The molecule has 0 radical (unpaired) electrons. The highest BCUT2D eigenvalue weighted by molar-refractivity contribution is 7.18. The second-order valence-electron chi connectivity index (χ2n) is 3.90. The summed E-state index contributed by atoms with van der Waals surface area (Å²) in [6.07, 6.45) is 0. The van der Waals surface area contributed by atoms with E-state index >= 15 is 0 Å². The van der Waals surface area contributed by atoms with E-state index in [0.717, 1.165) is 22.6 Å². The molecule has 2 N–H and O–H groups in total. The number of thiophene rings is 1. The molecule has 0 saturated heterocycles. The Bertz CT molecular complexity index is 525. The van der Waals surface area contributed by atoms with Crippen molar-refractivity contribution in [3.05, 3.63) is 10.9 Å². The lowest BCUT2D eigenvalue weighted by molar-refractivity contribution is 0.206. The minimum Gasteiger partial charge on any atom is -0.383 e. The molecule has 2 aromatic heterocycles. The second kappa shape index (κ2) is 4.85. The average molecular weight is 252 g/mol. The van der Waals surface area contributed by atoms with Gasteiger partial charge < -0.3 is 15.4 Å². The van der Waals surface area contributed by atoms with E-state index in [1.54, 1.807) is 18.4 Å². The maximum Gasteiger partial charge on any atom is 0.223 e. The monoisotopic (exact) mass is 252 g/mol. The van der Waals surface area contributed by atoms with Crippen LogP contribution in [-0.2, 0) is 4.74 Å². The molecule has 2 heterocycles. The lowest BCUT2D eigenvalue weighted by atomic mass is 10.3. The number of nitrogen functional groups attached to an aromatic ring is 1. The second-order valence-corrected chi connectivity index (χ2v) is 5.13. The summed E-state index contributed by atoms with van der Waals surface area (Å²) in [6, 6.07) is 2.10. The summed E-state index contributed by atoms with van der Waals surface area (Å²) in [6.45, 7) is 3.49. The van der Waals surface area contributed by atoms with Gasteiger partial charge >= 0.3 is 0 Å². The van der Waals surface area contributed by atoms with E-state index in [1.165, 1.54) is 4.88 Å². The van der Waals surface area contributed by atoms with Crippen molar-refractivity contribution in [2.45, 2.75) is 6.92 Å². The largest absolute Gasteiger partial charge is 0.383 e. The molecule has 0 spiro atoms. The Morgan fingerprint density at radius 3 is 2.94 bits per heavy atom. The van der Waals surface area contributed by atoms with Crippen molar-refractivity contribution in [2.75, 3.05) is 37.9 Å². The highest BCUT2D eigenvalue weighted by Crippen LogP contribution is 2.30. The molecular formula is C11H16N4OS. The van der Waals surface area contributed by atoms with Crippen LogP contribution in [0.5, 0.6) is 0 Å². The number of hydrogen-bond acceptors (Lipinski definition) is 6. The molecule has 0 amide bonds. The van der Waals surface area contributed by atoms with Gasteiger partial charge in [0.2, 0.25) is 5.95 Å². The Kier molecular flexibility index (Phi) is 3.44. The molecule has 6 heteroatoms. The quantitative estimate of drug-likeness (QED) is 0.896. The van der Waals surface area contributed by atoms with E-state index in [0.29, 0.717) is 12.6 Å². The van der Waals surface area contributed by atoms with Crippen molar-refractivity contribution >= 4 is 33.3 Å². The summed E-state index contributed by atoms with van der Waals surface area (Å²) >= 11 is 1.63. The van der Waals surface area contributed by atoms with Gasteiger partial charge in [0, 0.05) is 25.6 Å². The molecule has 0 saturated carbocycles. The first-order valence-electron chi connectivity index (χ1n) is 5.35. The zero-order chi connectivity index (χ0) is 12.4. The van der Waals surface area contributed by atoms with Crippen molar-refractivity contribution in [1.82, 2.24) is 9.97 Å². The minimum atomic E-state index is 0.318. The molecule has 0 aliphatic carbocycles. The molecule has 5 nitrogen and oxygen atoms in total. The number of nitrogens with two attached hydrogens (primary N) is 1. The number of fused-ring (bicyclic) bond motifs is 1. The number of hydrogen-bond donors (Lipinski definition) is 1. The van der Waals surface area contributed by atoms with Crippen LogP contribution in [-0.4, -0.2) is 37.3 Å². The number of ether oxygens (including phenoxy) is 1. The molecular weight excluding hydrogens is 236 g/mol. The van der Waals surface area contributed by atoms with E-state index in [1.807, 2.05) is 11.9 Å². The fraction of sp³-hybridized carbons (Fsp3) is 0.455. The molecule has 0 atom stereocenters. The summed E-state index contributed by atoms with van der Waals surface area (Å²) in [5, 5.41) is 1.06. The van der Waals surface area contributed by atoms with E-state index in [4.69, 9.17) is 10.5 Å². The molecule has 2 rings (SSSR count). The number of nitrogens with zero attached hydrogens (tertiary/aromatic N) is 3. The van der Waals surface area contributed by atoms with Crippen LogP contribution in [0.15, 0.2) is 6.07 Å². The van der Waals surface area contributed by atoms with E-state index in [-0.39, 0.29) is 0 Å². The third-order valence-corrected chi connectivity index (χ3v) is 3.45. The van der Waals surface area contributed by atoms with Crippen molar-refractivity contribution in [1.29, 1.82) is 0 Å². The summed E-state index contributed by atoms with van der Waals surface area (Å²) in [5.74, 6) is 1.19. The first-order chi connectivity index (χ1) is 8.11. The molecule has 0 aliphatic rings. The predicted molar refractivity (Wildman–Crippen MR) is 71.7 cm³/mol. The zero-order valence-electron chi connectivity index (χ0n) is 10.2. The molecule has 0 bridgehead atoms. The van der Waals surface area contributed by atoms with Gasteiger partial charge in [-0.25, -0.2) is 4.98 Å². The molecule has 2 aromatic rings. The van der Waals surface area contributed by atoms with E-state index in [2.05, 4.69) is 23.0 Å². The summed E-state index contributed by atoms with van der Waals surface area (Å²) < 4.78 is 5.07. The summed E-state index contributed by atoms with van der Waals surface area (Å²) in [5.41, 5.74) is 5.73. The first kappa shape index (κ1) is 12.1. The number of methoxy groups -OCH3 is 1. The van der Waals surface area contributed by atoms with Gasteiger partial charge in [0.1, 0.15) is 10.6 Å². The average Bonchev–Trinajstić information content (AvgIpc) is 2.64. The van der Waals surface area contributed by atoms with Crippen LogP contribution in [0.1, 0.15) is 4.88 Å². The Labute approximate surface area is 104 Å². The smallest absolute Gasteiger partial charge is 0.223 e. The van der Waals surface area contributed by atoms with Gasteiger partial charge in [-0.05, 0) is 13.0 Å². The van der Waals surface area contributed by atoms with Crippen molar-refractivity contribution in [2.24, 2.45) is 0 Å². The zero-order valence-corrected chi connectivity index (χ0v) is 11.0. The predicted octanol–water partition coefficient (Wildman–Crippen LogP) is 1.66. The standard InChI is InChI=1S/C11H16N4OS/c1-7-6-8-9(15(2)4-5-16-3)13-11(12)14-10(8)17-7/h6H,4-5H2,1-3H3,(H2,12,13,14). The number of aromatic nitrogens is 2. The Hall–Kier alpha value is -1.40. The third-order valence-electron chi connectivity index (χ3n) is 2.51. The van der Waals surface area contributed by atoms with Gasteiger partial charge in [0.05, 0.1) is 12.0 Å². The minimum absolute atomic E-state index is 0.318. The molecule has 0 fully saturated rings. The van der Waals surface area contributed by atoms with Crippen molar-refractivity contribution in [3.8, 4) is 0 Å².